The molecule has 0 fully saturated rings. The minimum absolute atomic E-state index is 0.119. The zero-order valence-corrected chi connectivity index (χ0v) is 10.7. The van der Waals surface area contributed by atoms with Crippen LogP contribution < -0.4 is 9.80 Å². The van der Waals surface area contributed by atoms with Crippen LogP contribution in [0.3, 0.4) is 0 Å². The summed E-state index contributed by atoms with van der Waals surface area (Å²) in [5, 5.41) is 0. The first-order valence-corrected chi connectivity index (χ1v) is 6.10. The molecule has 0 saturated heterocycles. The van der Waals surface area contributed by atoms with Crippen molar-refractivity contribution in [3.8, 4) is 0 Å². The van der Waals surface area contributed by atoms with Crippen LogP contribution in [0.25, 0.3) is 0 Å². The smallest absolute Gasteiger partial charge is 0.255 e. The summed E-state index contributed by atoms with van der Waals surface area (Å²) < 4.78 is 0. The lowest BCUT2D eigenvalue weighted by Gasteiger charge is -2.20. The van der Waals surface area contributed by atoms with Gasteiger partial charge in [0.1, 0.15) is 0 Å². The van der Waals surface area contributed by atoms with Gasteiger partial charge in [0, 0.05) is 34.9 Å². The molecule has 0 spiro atoms. The minimum atomic E-state index is -0.119. The zero-order chi connectivity index (χ0) is 14.3. The molecule has 2 aliphatic rings. The van der Waals surface area contributed by atoms with Crippen molar-refractivity contribution < 1.29 is 9.59 Å². The molecule has 0 unspecified atom stereocenters. The number of allylic oxidation sites excluding steroid dienone is 2. The van der Waals surface area contributed by atoms with Gasteiger partial charge in [-0.05, 0) is 36.4 Å². The van der Waals surface area contributed by atoms with Crippen molar-refractivity contribution in [3.05, 3.63) is 73.1 Å². The number of benzene rings is 1. The van der Waals surface area contributed by atoms with Crippen molar-refractivity contribution in [2.45, 2.75) is 0 Å². The Morgan fingerprint density at radius 3 is 1.25 bits per heavy atom. The van der Waals surface area contributed by atoms with E-state index < -0.39 is 0 Å². The molecule has 20 heavy (non-hydrogen) atoms. The van der Waals surface area contributed by atoms with E-state index >= 15 is 0 Å². The molecule has 4 nitrogen and oxygen atoms in total. The van der Waals surface area contributed by atoms with Crippen LogP contribution in [0.5, 0.6) is 0 Å². The van der Waals surface area contributed by atoms with Gasteiger partial charge >= 0.3 is 0 Å². The summed E-state index contributed by atoms with van der Waals surface area (Å²) in [5.74, 6) is -0.239. The summed E-state index contributed by atoms with van der Waals surface area (Å²) in [5.41, 5.74) is 2.70. The van der Waals surface area contributed by atoms with Crippen molar-refractivity contribution in [3.63, 3.8) is 0 Å². The molecule has 98 valence electrons. The van der Waals surface area contributed by atoms with E-state index in [4.69, 9.17) is 0 Å². The van der Waals surface area contributed by atoms with Crippen molar-refractivity contribution in [2.24, 2.45) is 0 Å². The maximum Gasteiger partial charge on any atom is 0.255 e. The molecule has 1 aromatic rings. The van der Waals surface area contributed by atoms with E-state index in [9.17, 15) is 9.59 Å². The van der Waals surface area contributed by atoms with Crippen molar-refractivity contribution in [1.82, 2.24) is 0 Å². The van der Waals surface area contributed by atoms with Crippen LogP contribution in [-0.4, -0.2) is 11.8 Å². The number of anilines is 2. The summed E-state index contributed by atoms with van der Waals surface area (Å²) in [7, 11) is 0. The Bertz CT molecular complexity index is 599. The lowest BCUT2D eigenvalue weighted by molar-refractivity contribution is -0.114. The minimum Gasteiger partial charge on any atom is -0.278 e. The van der Waals surface area contributed by atoms with Crippen molar-refractivity contribution in [2.75, 3.05) is 9.80 Å². The summed E-state index contributed by atoms with van der Waals surface area (Å²) >= 11 is 0. The van der Waals surface area contributed by atoms with Gasteiger partial charge in [-0.3, -0.25) is 19.4 Å². The third-order valence-corrected chi connectivity index (χ3v) is 3.22. The molecule has 0 aromatic heterocycles. The van der Waals surface area contributed by atoms with E-state index in [-0.39, 0.29) is 11.8 Å². The predicted octanol–water partition coefficient (Wildman–Crippen LogP) is 2.52. The fraction of sp³-hybridized carbons (Fsp3) is 0. The fourth-order valence-corrected chi connectivity index (χ4v) is 2.25. The predicted molar refractivity (Wildman–Crippen MR) is 78.0 cm³/mol. The quantitative estimate of drug-likeness (QED) is 0.823. The highest BCUT2D eigenvalue weighted by Crippen LogP contribution is 2.29. The third-order valence-electron chi connectivity index (χ3n) is 3.22. The highest BCUT2D eigenvalue weighted by molar-refractivity contribution is 6.09. The van der Waals surface area contributed by atoms with E-state index in [1.54, 1.807) is 36.4 Å². The number of hydrogen-bond donors (Lipinski definition) is 0. The molecule has 2 amide bonds. The Kier molecular flexibility index (Phi) is 2.64. The largest absolute Gasteiger partial charge is 0.278 e. The monoisotopic (exact) mass is 264 g/mol. The van der Waals surface area contributed by atoms with E-state index in [0.717, 1.165) is 11.4 Å². The molecule has 3 rings (SSSR count). The summed E-state index contributed by atoms with van der Waals surface area (Å²) in [6, 6.07) is 7.13. The summed E-state index contributed by atoms with van der Waals surface area (Å²) in [6.07, 6.45) is 6.30. The van der Waals surface area contributed by atoms with Crippen LogP contribution in [0.1, 0.15) is 0 Å². The van der Waals surface area contributed by atoms with E-state index in [2.05, 4.69) is 13.2 Å². The normalized spacial score (nSPS) is 17.8. The number of rotatable bonds is 2. The van der Waals surface area contributed by atoms with Gasteiger partial charge in [0.05, 0.1) is 0 Å². The highest BCUT2D eigenvalue weighted by Gasteiger charge is 2.23. The first kappa shape index (κ1) is 12.2. The number of carbonyl (C=O) groups excluding carboxylic acids is 2. The average Bonchev–Trinajstić information content (AvgIpc) is 2.94. The maximum absolute atomic E-state index is 11.7. The molecule has 0 aliphatic carbocycles. The van der Waals surface area contributed by atoms with Gasteiger partial charge in [-0.25, -0.2) is 0 Å². The summed E-state index contributed by atoms with van der Waals surface area (Å²) in [6.45, 7) is 7.63. The molecule has 1 aromatic carbocycles. The van der Waals surface area contributed by atoms with Gasteiger partial charge in [0.15, 0.2) is 0 Å². The second-order valence-corrected chi connectivity index (χ2v) is 4.51. The second kappa shape index (κ2) is 4.35. The Hall–Kier alpha value is -2.88. The fourth-order valence-electron chi connectivity index (χ4n) is 2.25. The standard InChI is InChI=1S/C16H12N2O2/c1-11-3-9-15(19)17(11)13-5-7-14(8-6-13)18-12(2)4-10-16(18)20/h3-10H,1-2H2. The SMILES string of the molecule is C=C1C=CC(=O)N1c1ccc(N2C(=C)C=CC2=O)cc1. The molecule has 0 bridgehead atoms. The molecule has 0 saturated carbocycles. The zero-order valence-electron chi connectivity index (χ0n) is 10.7. The lowest BCUT2D eigenvalue weighted by Crippen LogP contribution is -2.24. The van der Waals surface area contributed by atoms with Crippen LogP contribution >= 0.6 is 0 Å². The molecule has 0 atom stereocenters. The summed E-state index contributed by atoms with van der Waals surface area (Å²) in [4.78, 5) is 26.5. The highest BCUT2D eigenvalue weighted by atomic mass is 16.2. The Labute approximate surface area is 116 Å². The molecular formula is C16H12N2O2. The number of carbonyl (C=O) groups is 2. The second-order valence-electron chi connectivity index (χ2n) is 4.51. The van der Waals surface area contributed by atoms with Gasteiger partial charge in [-0.2, -0.15) is 0 Å². The Morgan fingerprint density at radius 2 is 1.00 bits per heavy atom. The van der Waals surface area contributed by atoms with Gasteiger partial charge in [0.25, 0.3) is 11.8 Å². The van der Waals surface area contributed by atoms with Crippen LogP contribution in [0.4, 0.5) is 11.4 Å². The van der Waals surface area contributed by atoms with Crippen LogP contribution in [0.15, 0.2) is 73.1 Å². The van der Waals surface area contributed by atoms with Gasteiger partial charge in [0.2, 0.25) is 0 Å². The molecule has 0 radical (unpaired) electrons. The number of amides is 2. The van der Waals surface area contributed by atoms with Crippen molar-refractivity contribution in [1.29, 1.82) is 0 Å². The van der Waals surface area contributed by atoms with E-state index in [1.807, 2.05) is 0 Å². The van der Waals surface area contributed by atoms with Crippen LogP contribution in [0, 0.1) is 0 Å². The average molecular weight is 264 g/mol. The van der Waals surface area contributed by atoms with Crippen LogP contribution in [0.2, 0.25) is 0 Å². The van der Waals surface area contributed by atoms with Gasteiger partial charge < -0.3 is 0 Å². The van der Waals surface area contributed by atoms with Crippen LogP contribution in [-0.2, 0) is 9.59 Å². The first-order chi connectivity index (χ1) is 9.58. The van der Waals surface area contributed by atoms with Gasteiger partial charge in [-0.15, -0.1) is 0 Å². The Morgan fingerprint density at radius 1 is 0.650 bits per heavy atom. The maximum atomic E-state index is 11.7. The number of nitrogens with zero attached hydrogens (tertiary/aromatic N) is 2. The number of hydrogen-bond acceptors (Lipinski definition) is 2. The first-order valence-electron chi connectivity index (χ1n) is 6.10. The molecule has 2 heterocycles. The molecule has 0 N–H and O–H groups in total. The van der Waals surface area contributed by atoms with Crippen molar-refractivity contribution >= 4 is 23.2 Å². The third kappa shape index (κ3) is 1.78. The lowest BCUT2D eigenvalue weighted by atomic mass is 10.2. The van der Waals surface area contributed by atoms with E-state index in [1.165, 1.54) is 22.0 Å². The topological polar surface area (TPSA) is 40.6 Å². The molecule has 2 aliphatic heterocycles. The molecule has 4 heteroatoms. The van der Waals surface area contributed by atoms with Gasteiger partial charge in [-0.1, -0.05) is 13.2 Å². The Balaban J connectivity index is 1.89. The molecular weight excluding hydrogens is 252 g/mol. The van der Waals surface area contributed by atoms with E-state index in [0.29, 0.717) is 11.4 Å².